The SMILES string of the molecule is CO[C@@H](C)C(=O)N1CCC(c2cc(F)cc3cc(-c4nn5cc(C(=O)N6C[C@H](N)C[C@@H](F)C6)ccc5c4C)n(CC4CC4)c23)CC1. The molecule has 0 spiro atoms. The number of nitrogens with zero attached hydrogens (tertiary/aromatic N) is 5. The van der Waals surface area contributed by atoms with Crippen molar-refractivity contribution in [2.75, 3.05) is 33.3 Å². The molecule has 11 heteroatoms. The number of methoxy groups -OCH3 is 1. The molecule has 244 valence electrons. The van der Waals surface area contributed by atoms with Gasteiger partial charge < -0.3 is 24.8 Å². The third kappa shape index (κ3) is 5.68. The summed E-state index contributed by atoms with van der Waals surface area (Å²) in [6.07, 6.45) is 4.17. The average molecular weight is 633 g/mol. The predicted octanol–water partition coefficient (Wildman–Crippen LogP) is 5.07. The Balaban J connectivity index is 1.25. The topological polar surface area (TPSA) is 98.1 Å². The second-order valence-electron chi connectivity index (χ2n) is 13.5. The molecule has 2 amide bonds. The maximum Gasteiger partial charge on any atom is 0.255 e. The lowest BCUT2D eigenvalue weighted by Crippen LogP contribution is -2.50. The number of aryl methyl sites for hydroxylation is 1. The van der Waals surface area contributed by atoms with Crippen molar-refractivity contribution in [1.29, 1.82) is 0 Å². The number of fused-ring (bicyclic) bond motifs is 2. The number of hydrogen-bond donors (Lipinski definition) is 1. The van der Waals surface area contributed by atoms with Gasteiger partial charge in [-0.2, -0.15) is 5.10 Å². The largest absolute Gasteiger partial charge is 0.372 e. The van der Waals surface area contributed by atoms with Gasteiger partial charge in [0.15, 0.2) is 0 Å². The Morgan fingerprint density at radius 1 is 1.09 bits per heavy atom. The molecule has 0 radical (unpaired) electrons. The summed E-state index contributed by atoms with van der Waals surface area (Å²) in [6.45, 7) is 6.17. The third-order valence-electron chi connectivity index (χ3n) is 10.2. The van der Waals surface area contributed by atoms with Crippen molar-refractivity contribution in [2.24, 2.45) is 11.7 Å². The van der Waals surface area contributed by atoms with E-state index < -0.39 is 12.3 Å². The summed E-state index contributed by atoms with van der Waals surface area (Å²) >= 11 is 0. The minimum absolute atomic E-state index is 0.0111. The van der Waals surface area contributed by atoms with Gasteiger partial charge >= 0.3 is 0 Å². The number of nitrogens with two attached hydrogens (primary N) is 1. The van der Waals surface area contributed by atoms with Gasteiger partial charge in [0.25, 0.3) is 11.8 Å². The van der Waals surface area contributed by atoms with Crippen molar-refractivity contribution in [2.45, 2.75) is 76.7 Å². The van der Waals surface area contributed by atoms with Crippen LogP contribution in [-0.2, 0) is 16.1 Å². The molecule has 46 heavy (non-hydrogen) atoms. The molecule has 2 saturated heterocycles. The van der Waals surface area contributed by atoms with E-state index in [2.05, 4.69) is 4.57 Å². The Hall–Kier alpha value is -3.83. The first-order chi connectivity index (χ1) is 22.1. The molecule has 3 aliphatic rings. The highest BCUT2D eigenvalue weighted by Gasteiger charge is 2.32. The highest BCUT2D eigenvalue weighted by atomic mass is 19.1. The van der Waals surface area contributed by atoms with Crippen LogP contribution in [-0.4, -0.2) is 87.4 Å². The number of pyridine rings is 1. The molecule has 2 aliphatic heterocycles. The lowest BCUT2D eigenvalue weighted by atomic mass is 9.88. The standard InChI is InChI=1S/C35H42F2N6O3/c1-20-30-7-6-24(35(45)41-18-27(37)14-28(38)19-41)17-43(30)39-32(20)31-13-25-12-26(36)15-29(33(25)42(31)16-22-4-5-22)23-8-10-40(11-9-23)34(44)21(2)46-3/h6-7,12-13,15,17,21-23,27-28H,4-5,8-11,14,16,18-19,38H2,1-3H3/t21-,27+,28+/m0/s1. The molecule has 2 N–H and O–H groups in total. The Bertz CT molecular complexity index is 1790. The van der Waals surface area contributed by atoms with Crippen molar-refractivity contribution >= 4 is 28.2 Å². The second kappa shape index (κ2) is 12.1. The number of carbonyl (C=O) groups excluding carboxylic acids is 2. The first kappa shape index (κ1) is 30.8. The summed E-state index contributed by atoms with van der Waals surface area (Å²) in [7, 11) is 1.54. The number of carbonyl (C=O) groups is 2. The molecule has 3 aromatic heterocycles. The van der Waals surface area contributed by atoms with Gasteiger partial charge in [-0.05, 0) is 93.7 Å². The zero-order chi connectivity index (χ0) is 32.3. The van der Waals surface area contributed by atoms with Crippen LogP contribution in [0.25, 0.3) is 27.8 Å². The molecule has 0 bridgehead atoms. The minimum Gasteiger partial charge on any atom is -0.372 e. The van der Waals surface area contributed by atoms with Gasteiger partial charge in [0, 0.05) is 56.5 Å². The smallest absolute Gasteiger partial charge is 0.255 e. The van der Waals surface area contributed by atoms with Crippen molar-refractivity contribution < 1.29 is 23.1 Å². The fourth-order valence-electron chi connectivity index (χ4n) is 7.40. The van der Waals surface area contributed by atoms with Crippen LogP contribution in [0.4, 0.5) is 8.78 Å². The number of rotatable bonds is 7. The third-order valence-corrected chi connectivity index (χ3v) is 10.2. The molecule has 5 heterocycles. The number of halogens is 2. The maximum absolute atomic E-state index is 15.2. The summed E-state index contributed by atoms with van der Waals surface area (Å²) in [6, 6.07) is 8.59. The normalized spacial score (nSPS) is 21.8. The fourth-order valence-corrected chi connectivity index (χ4v) is 7.40. The number of ether oxygens (including phenoxy) is 1. The lowest BCUT2D eigenvalue weighted by Gasteiger charge is -2.34. The molecule has 3 fully saturated rings. The Labute approximate surface area is 267 Å². The van der Waals surface area contributed by atoms with E-state index in [4.69, 9.17) is 15.6 Å². The van der Waals surface area contributed by atoms with Crippen molar-refractivity contribution in [1.82, 2.24) is 24.0 Å². The number of benzene rings is 1. The van der Waals surface area contributed by atoms with Crippen LogP contribution < -0.4 is 5.73 Å². The molecular formula is C35H42F2N6O3. The van der Waals surface area contributed by atoms with Gasteiger partial charge in [-0.25, -0.2) is 13.3 Å². The zero-order valence-electron chi connectivity index (χ0n) is 26.7. The van der Waals surface area contributed by atoms with E-state index >= 15 is 4.39 Å². The van der Waals surface area contributed by atoms with Crippen LogP contribution in [0.2, 0.25) is 0 Å². The first-order valence-electron chi connectivity index (χ1n) is 16.4. The van der Waals surface area contributed by atoms with E-state index in [0.29, 0.717) is 31.1 Å². The van der Waals surface area contributed by atoms with Crippen molar-refractivity contribution in [3.63, 3.8) is 0 Å². The van der Waals surface area contributed by atoms with Gasteiger partial charge in [0.1, 0.15) is 23.8 Å². The number of amides is 2. The molecule has 7 rings (SSSR count). The van der Waals surface area contributed by atoms with Crippen molar-refractivity contribution in [3.8, 4) is 11.4 Å². The van der Waals surface area contributed by atoms with E-state index in [0.717, 1.165) is 71.2 Å². The molecule has 1 aliphatic carbocycles. The van der Waals surface area contributed by atoms with E-state index in [1.807, 2.05) is 24.0 Å². The summed E-state index contributed by atoms with van der Waals surface area (Å²) in [4.78, 5) is 29.4. The van der Waals surface area contributed by atoms with Crippen LogP contribution in [0.5, 0.6) is 0 Å². The fraction of sp³-hybridized carbons (Fsp3) is 0.514. The summed E-state index contributed by atoms with van der Waals surface area (Å²) in [5.74, 6) is 0.124. The summed E-state index contributed by atoms with van der Waals surface area (Å²) in [5, 5.41) is 5.82. The van der Waals surface area contributed by atoms with Gasteiger partial charge in [-0.1, -0.05) is 0 Å². The van der Waals surface area contributed by atoms with E-state index in [1.54, 1.807) is 42.9 Å². The van der Waals surface area contributed by atoms with Gasteiger partial charge in [-0.15, -0.1) is 0 Å². The van der Waals surface area contributed by atoms with Crippen molar-refractivity contribution in [3.05, 3.63) is 59.0 Å². The molecule has 1 aromatic carbocycles. The first-order valence-corrected chi connectivity index (χ1v) is 16.4. The van der Waals surface area contributed by atoms with Gasteiger partial charge in [0.2, 0.25) is 0 Å². The van der Waals surface area contributed by atoms with Gasteiger partial charge in [-0.3, -0.25) is 9.59 Å². The summed E-state index contributed by atoms with van der Waals surface area (Å²) < 4.78 is 38.7. The van der Waals surface area contributed by atoms with Gasteiger partial charge in [0.05, 0.1) is 28.8 Å². The predicted molar refractivity (Wildman–Crippen MR) is 172 cm³/mol. The van der Waals surface area contributed by atoms with Crippen LogP contribution in [0.1, 0.15) is 66.4 Å². The van der Waals surface area contributed by atoms with Crippen LogP contribution in [0, 0.1) is 18.7 Å². The van der Waals surface area contributed by atoms with Crippen LogP contribution in [0.15, 0.2) is 36.5 Å². The highest BCUT2D eigenvalue weighted by Crippen LogP contribution is 2.41. The number of aromatic nitrogens is 3. The quantitative estimate of drug-likeness (QED) is 0.307. The Morgan fingerprint density at radius 3 is 2.54 bits per heavy atom. The molecular weight excluding hydrogens is 590 g/mol. The van der Waals surface area contributed by atoms with Crippen LogP contribution in [0.3, 0.4) is 0 Å². The minimum atomic E-state index is -1.13. The van der Waals surface area contributed by atoms with E-state index in [-0.39, 0.29) is 42.6 Å². The molecule has 4 aromatic rings. The van der Waals surface area contributed by atoms with E-state index in [1.165, 1.54) is 4.90 Å². The Morgan fingerprint density at radius 2 is 1.85 bits per heavy atom. The average Bonchev–Trinajstić information content (AvgIpc) is 3.72. The molecule has 1 saturated carbocycles. The molecule has 0 unspecified atom stereocenters. The summed E-state index contributed by atoms with van der Waals surface area (Å²) in [5.41, 5.74) is 12.0. The number of piperidine rings is 2. The molecule has 9 nitrogen and oxygen atoms in total. The monoisotopic (exact) mass is 632 g/mol. The van der Waals surface area contributed by atoms with E-state index in [9.17, 15) is 14.0 Å². The zero-order valence-corrected chi connectivity index (χ0v) is 26.7. The highest BCUT2D eigenvalue weighted by molar-refractivity contribution is 5.95. The molecule has 3 atom stereocenters. The van der Waals surface area contributed by atoms with Crippen LogP contribution >= 0.6 is 0 Å². The second-order valence-corrected chi connectivity index (χ2v) is 13.5. The number of likely N-dealkylation sites (tertiary alicyclic amines) is 2. The lowest BCUT2D eigenvalue weighted by molar-refractivity contribution is -0.142. The Kier molecular flexibility index (Phi) is 8.09. The number of hydrogen-bond acceptors (Lipinski definition) is 5. The maximum atomic E-state index is 15.2. The number of alkyl halides is 1.